The Morgan fingerprint density at radius 2 is 1.80 bits per heavy atom. The average molecular weight is 216 g/mol. The Hall–Kier alpha value is -0.160. The van der Waals surface area contributed by atoms with Gasteiger partial charge in [-0.25, -0.2) is 0 Å². The highest BCUT2D eigenvalue weighted by Gasteiger charge is 2.23. The highest BCUT2D eigenvalue weighted by Crippen LogP contribution is 2.13. The number of hydrogen-bond acceptors (Lipinski definition) is 4. The molecule has 0 aliphatic carbocycles. The first kappa shape index (κ1) is 12.9. The molecule has 1 aliphatic heterocycles. The molecule has 1 aliphatic rings. The summed E-state index contributed by atoms with van der Waals surface area (Å²) in [7, 11) is 2.11. The van der Waals surface area contributed by atoms with Crippen molar-refractivity contribution in [2.24, 2.45) is 0 Å². The lowest BCUT2D eigenvalue weighted by atomic mass is 10.2. The summed E-state index contributed by atoms with van der Waals surface area (Å²) >= 11 is 0. The van der Waals surface area contributed by atoms with Gasteiger partial charge in [0, 0.05) is 19.6 Å². The third-order valence-electron chi connectivity index (χ3n) is 2.53. The molecular weight excluding hydrogens is 192 g/mol. The number of likely N-dealkylation sites (N-methyl/N-ethyl adjacent to an activating group) is 1. The van der Waals surface area contributed by atoms with Gasteiger partial charge >= 0.3 is 0 Å². The lowest BCUT2D eigenvalue weighted by molar-refractivity contribution is -0.237. The molecule has 1 rings (SSSR count). The molecule has 0 saturated carbocycles. The molecule has 1 N–H and O–H groups in total. The predicted octanol–water partition coefficient (Wildman–Crippen LogP) is 0.715. The van der Waals surface area contributed by atoms with Gasteiger partial charge < -0.3 is 14.7 Å². The lowest BCUT2D eigenvalue weighted by Gasteiger charge is -2.31. The van der Waals surface area contributed by atoms with Crippen LogP contribution in [-0.2, 0) is 4.74 Å². The number of nitrogens with zero attached hydrogens (tertiary/aromatic N) is 2. The van der Waals surface area contributed by atoms with Crippen LogP contribution in [0, 0.1) is 0 Å². The van der Waals surface area contributed by atoms with Crippen molar-refractivity contribution in [1.82, 2.24) is 9.80 Å². The quantitative estimate of drug-likeness (QED) is 0.690. The fourth-order valence-corrected chi connectivity index (χ4v) is 1.68. The number of aliphatic hydroxyl groups excluding tert-OH is 1. The van der Waals surface area contributed by atoms with Crippen LogP contribution in [0.1, 0.15) is 27.2 Å². The van der Waals surface area contributed by atoms with Crippen molar-refractivity contribution in [2.45, 2.75) is 39.2 Å². The smallest absolute Gasteiger partial charge is 0.216 e. The van der Waals surface area contributed by atoms with Gasteiger partial charge in [0.1, 0.15) is 0 Å². The van der Waals surface area contributed by atoms with E-state index in [-0.39, 0.29) is 5.60 Å². The highest BCUT2D eigenvalue weighted by molar-refractivity contribution is 4.68. The molecule has 0 aromatic carbocycles. The van der Waals surface area contributed by atoms with Crippen LogP contribution in [0.5, 0.6) is 0 Å². The van der Waals surface area contributed by atoms with Crippen molar-refractivity contribution in [2.75, 3.05) is 33.2 Å². The van der Waals surface area contributed by atoms with Crippen molar-refractivity contribution in [3.8, 4) is 0 Å². The van der Waals surface area contributed by atoms with Gasteiger partial charge in [0.2, 0.25) is 6.41 Å². The van der Waals surface area contributed by atoms with E-state index in [0.717, 1.165) is 32.6 Å². The molecule has 4 heteroatoms. The van der Waals surface area contributed by atoms with Gasteiger partial charge in [-0.1, -0.05) is 0 Å². The van der Waals surface area contributed by atoms with E-state index in [1.54, 1.807) is 0 Å². The van der Waals surface area contributed by atoms with Crippen LogP contribution in [-0.4, -0.2) is 60.1 Å². The number of aliphatic hydroxyl groups is 1. The third-order valence-corrected chi connectivity index (χ3v) is 2.53. The zero-order valence-electron chi connectivity index (χ0n) is 10.4. The van der Waals surface area contributed by atoms with Crippen molar-refractivity contribution in [3.63, 3.8) is 0 Å². The van der Waals surface area contributed by atoms with Gasteiger partial charge in [-0.15, -0.1) is 0 Å². The van der Waals surface area contributed by atoms with E-state index in [2.05, 4.69) is 11.9 Å². The molecule has 4 nitrogen and oxygen atoms in total. The molecule has 0 bridgehead atoms. The number of ether oxygens (including phenoxy) is 1. The molecule has 0 aromatic heterocycles. The molecule has 1 unspecified atom stereocenters. The second-order valence-corrected chi connectivity index (χ2v) is 5.25. The van der Waals surface area contributed by atoms with E-state index >= 15 is 0 Å². The third kappa shape index (κ3) is 4.93. The monoisotopic (exact) mass is 216 g/mol. The molecule has 1 saturated heterocycles. The fourth-order valence-electron chi connectivity index (χ4n) is 1.68. The Morgan fingerprint density at radius 3 is 2.40 bits per heavy atom. The molecule has 1 heterocycles. The van der Waals surface area contributed by atoms with Crippen molar-refractivity contribution >= 4 is 0 Å². The van der Waals surface area contributed by atoms with Crippen molar-refractivity contribution in [1.29, 1.82) is 0 Å². The summed E-state index contributed by atoms with van der Waals surface area (Å²) in [5, 5.41) is 9.91. The van der Waals surface area contributed by atoms with Crippen LogP contribution in [0.3, 0.4) is 0 Å². The maximum Gasteiger partial charge on any atom is 0.216 e. The first-order chi connectivity index (χ1) is 6.88. The standard InChI is InChI=1S/C11H24N2O2/c1-11(2,3)15-10(14)13-7-5-6-12(4)8-9-13/h10,14H,5-9H2,1-4H3. The van der Waals surface area contributed by atoms with E-state index in [4.69, 9.17) is 4.74 Å². The van der Waals surface area contributed by atoms with Gasteiger partial charge in [0.25, 0.3) is 0 Å². The second-order valence-electron chi connectivity index (χ2n) is 5.25. The summed E-state index contributed by atoms with van der Waals surface area (Å²) in [5.41, 5.74) is -0.294. The van der Waals surface area contributed by atoms with Gasteiger partial charge in [0.05, 0.1) is 5.60 Å². The van der Waals surface area contributed by atoms with Crippen LogP contribution in [0.2, 0.25) is 0 Å². The SMILES string of the molecule is CN1CCCN(C(O)OC(C)(C)C)CC1. The lowest BCUT2D eigenvalue weighted by Crippen LogP contribution is -2.43. The summed E-state index contributed by atoms with van der Waals surface area (Å²) in [5.74, 6) is 0. The molecule has 1 fully saturated rings. The topological polar surface area (TPSA) is 35.9 Å². The molecule has 0 amide bonds. The number of hydrogen-bond donors (Lipinski definition) is 1. The zero-order valence-corrected chi connectivity index (χ0v) is 10.4. The molecule has 1 atom stereocenters. The van der Waals surface area contributed by atoms with Crippen LogP contribution in [0.15, 0.2) is 0 Å². The largest absolute Gasteiger partial charge is 0.356 e. The molecule has 0 radical (unpaired) electrons. The zero-order chi connectivity index (χ0) is 11.5. The molecular formula is C11H24N2O2. The van der Waals surface area contributed by atoms with E-state index in [1.807, 2.05) is 25.7 Å². The van der Waals surface area contributed by atoms with E-state index in [9.17, 15) is 5.11 Å². The van der Waals surface area contributed by atoms with E-state index in [1.165, 1.54) is 0 Å². The summed E-state index contributed by atoms with van der Waals surface area (Å²) in [6.07, 6.45) is 0.317. The molecule has 0 aromatic rings. The van der Waals surface area contributed by atoms with Gasteiger partial charge in [-0.05, 0) is 40.8 Å². The second kappa shape index (κ2) is 5.25. The molecule has 90 valence electrons. The average Bonchev–Trinajstić information content (AvgIpc) is 2.26. The Labute approximate surface area is 92.8 Å². The molecule has 0 spiro atoms. The summed E-state index contributed by atoms with van der Waals surface area (Å²) < 4.78 is 5.53. The fraction of sp³-hybridized carbons (Fsp3) is 1.00. The van der Waals surface area contributed by atoms with E-state index < -0.39 is 6.41 Å². The Balaban J connectivity index is 2.41. The van der Waals surface area contributed by atoms with Crippen LogP contribution < -0.4 is 0 Å². The van der Waals surface area contributed by atoms with Crippen molar-refractivity contribution in [3.05, 3.63) is 0 Å². The Morgan fingerprint density at radius 1 is 1.13 bits per heavy atom. The number of rotatable bonds is 2. The highest BCUT2D eigenvalue weighted by atomic mass is 16.6. The van der Waals surface area contributed by atoms with Gasteiger partial charge in [-0.2, -0.15) is 0 Å². The maximum absolute atomic E-state index is 9.91. The normalized spacial score (nSPS) is 23.8. The predicted molar refractivity (Wildman–Crippen MR) is 60.5 cm³/mol. The molecule has 15 heavy (non-hydrogen) atoms. The minimum Gasteiger partial charge on any atom is -0.356 e. The summed E-state index contributed by atoms with van der Waals surface area (Å²) in [6, 6.07) is 0. The minimum absolute atomic E-state index is 0.294. The van der Waals surface area contributed by atoms with Crippen LogP contribution >= 0.6 is 0 Å². The maximum atomic E-state index is 9.91. The Bertz CT molecular complexity index is 192. The van der Waals surface area contributed by atoms with Gasteiger partial charge in [0.15, 0.2) is 0 Å². The van der Waals surface area contributed by atoms with Crippen LogP contribution in [0.4, 0.5) is 0 Å². The van der Waals surface area contributed by atoms with Crippen molar-refractivity contribution < 1.29 is 9.84 Å². The Kier molecular flexibility index (Phi) is 4.52. The first-order valence-corrected chi connectivity index (χ1v) is 5.67. The first-order valence-electron chi connectivity index (χ1n) is 5.67. The minimum atomic E-state index is -0.767. The summed E-state index contributed by atoms with van der Waals surface area (Å²) in [6.45, 7) is 9.74. The van der Waals surface area contributed by atoms with Gasteiger partial charge in [-0.3, -0.25) is 4.90 Å². The van der Waals surface area contributed by atoms with E-state index in [0.29, 0.717) is 0 Å². The van der Waals surface area contributed by atoms with Crippen LogP contribution in [0.25, 0.3) is 0 Å². The summed E-state index contributed by atoms with van der Waals surface area (Å²) in [4.78, 5) is 4.28.